The zero-order valence-corrected chi connectivity index (χ0v) is 12.9. The second-order valence-corrected chi connectivity index (χ2v) is 5.45. The lowest BCUT2D eigenvalue weighted by Crippen LogP contribution is -2.32. The second kappa shape index (κ2) is 7.26. The maximum absolute atomic E-state index is 11.4. The fourth-order valence-electron chi connectivity index (χ4n) is 1.50. The summed E-state index contributed by atoms with van der Waals surface area (Å²) in [5, 5.41) is 22.1. The van der Waals surface area contributed by atoms with E-state index in [0.717, 1.165) is 12.1 Å². The van der Waals surface area contributed by atoms with E-state index in [0.29, 0.717) is 0 Å². The fraction of sp³-hybridized carbons (Fsp3) is 0.333. The molecule has 122 valence electrons. The van der Waals surface area contributed by atoms with E-state index in [1.807, 2.05) is 0 Å². The molecule has 0 saturated heterocycles. The molecular formula is C15H16N2O6. The largest absolute Gasteiger partial charge is 0.478 e. The Morgan fingerprint density at radius 3 is 2.57 bits per heavy atom. The quantitative estimate of drug-likeness (QED) is 0.500. The molecule has 0 spiro atoms. The van der Waals surface area contributed by atoms with Crippen LogP contribution in [0.15, 0.2) is 18.2 Å². The molecule has 1 rings (SSSR count). The molecule has 0 fully saturated rings. The van der Waals surface area contributed by atoms with E-state index in [1.54, 1.807) is 20.8 Å². The van der Waals surface area contributed by atoms with Crippen molar-refractivity contribution in [2.75, 3.05) is 6.54 Å². The Morgan fingerprint density at radius 2 is 2.04 bits per heavy atom. The Bertz CT molecular complexity index is 694. The number of nitro groups is 1. The number of nitro benzene ring substituents is 1. The summed E-state index contributed by atoms with van der Waals surface area (Å²) in [5.41, 5.74) is -1.12. The number of carboxylic acids is 1. The van der Waals surface area contributed by atoms with E-state index in [1.165, 1.54) is 6.07 Å². The van der Waals surface area contributed by atoms with Crippen molar-refractivity contribution >= 4 is 17.7 Å². The molecule has 2 N–H and O–H groups in total. The minimum atomic E-state index is -1.32. The minimum absolute atomic E-state index is 0.0506. The van der Waals surface area contributed by atoms with E-state index in [2.05, 4.69) is 17.2 Å². The number of carbonyl (C=O) groups is 2. The molecule has 23 heavy (non-hydrogen) atoms. The number of hydrogen-bond acceptors (Lipinski definition) is 5. The molecule has 0 aliphatic carbocycles. The normalized spacial score (nSPS) is 10.2. The van der Waals surface area contributed by atoms with Gasteiger partial charge >= 0.3 is 12.1 Å². The molecule has 0 bridgehead atoms. The standard InChI is InChI=1S/C15H16N2O6/c1-15(2,3)23-14(20)16-8-4-5-10-6-7-11(17(21)22)9-12(10)13(18)19/h6-7,9H,8H2,1-3H3,(H,16,20)(H,18,19). The lowest BCUT2D eigenvalue weighted by molar-refractivity contribution is -0.384. The summed E-state index contributed by atoms with van der Waals surface area (Å²) >= 11 is 0. The maximum atomic E-state index is 11.4. The van der Waals surface area contributed by atoms with Crippen LogP contribution in [0.1, 0.15) is 36.7 Å². The van der Waals surface area contributed by atoms with Gasteiger partial charge in [-0.3, -0.25) is 10.1 Å². The molecule has 0 unspecified atom stereocenters. The highest BCUT2D eigenvalue weighted by Crippen LogP contribution is 2.17. The number of nitrogens with one attached hydrogen (secondary N) is 1. The number of carboxylic acid groups (broad SMARTS) is 1. The van der Waals surface area contributed by atoms with Crippen molar-refractivity contribution in [3.63, 3.8) is 0 Å². The molecule has 8 nitrogen and oxygen atoms in total. The molecule has 0 saturated carbocycles. The topological polar surface area (TPSA) is 119 Å². The Balaban J connectivity index is 2.80. The van der Waals surface area contributed by atoms with Crippen LogP contribution in [0.3, 0.4) is 0 Å². The zero-order valence-electron chi connectivity index (χ0n) is 12.9. The minimum Gasteiger partial charge on any atom is -0.478 e. The molecule has 0 aliphatic heterocycles. The van der Waals surface area contributed by atoms with Gasteiger partial charge in [0, 0.05) is 17.7 Å². The average molecular weight is 320 g/mol. The summed E-state index contributed by atoms with van der Waals surface area (Å²) in [6, 6.07) is 3.35. The lowest BCUT2D eigenvalue weighted by Gasteiger charge is -2.19. The van der Waals surface area contributed by atoms with Gasteiger partial charge in [-0.25, -0.2) is 9.59 Å². The summed E-state index contributed by atoms with van der Waals surface area (Å²) in [4.78, 5) is 32.5. The van der Waals surface area contributed by atoms with E-state index < -0.39 is 22.6 Å². The number of amides is 1. The van der Waals surface area contributed by atoms with E-state index in [4.69, 9.17) is 9.84 Å². The number of carbonyl (C=O) groups excluding carboxylic acids is 1. The molecule has 0 atom stereocenters. The van der Waals surface area contributed by atoms with Crippen molar-refractivity contribution in [3.8, 4) is 11.8 Å². The first-order valence-electron chi connectivity index (χ1n) is 6.57. The van der Waals surface area contributed by atoms with Gasteiger partial charge in [-0.15, -0.1) is 0 Å². The third-order valence-electron chi connectivity index (χ3n) is 2.39. The van der Waals surface area contributed by atoms with Crippen molar-refractivity contribution in [2.45, 2.75) is 26.4 Å². The van der Waals surface area contributed by atoms with Crippen molar-refractivity contribution in [3.05, 3.63) is 39.4 Å². The first-order valence-corrected chi connectivity index (χ1v) is 6.57. The number of alkyl carbamates (subject to hydrolysis) is 1. The smallest absolute Gasteiger partial charge is 0.408 e. The molecule has 8 heteroatoms. The highest BCUT2D eigenvalue weighted by atomic mass is 16.6. The summed E-state index contributed by atoms with van der Waals surface area (Å²) in [7, 11) is 0. The Kier molecular flexibility index (Phi) is 5.68. The van der Waals surface area contributed by atoms with Crippen molar-refractivity contribution in [1.82, 2.24) is 5.32 Å². The number of rotatable bonds is 3. The van der Waals surface area contributed by atoms with Crippen molar-refractivity contribution < 1.29 is 24.4 Å². The third kappa shape index (κ3) is 6.05. The van der Waals surface area contributed by atoms with Crippen LogP contribution in [0.4, 0.5) is 10.5 Å². The molecule has 0 aromatic heterocycles. The summed E-state index contributed by atoms with van der Waals surface area (Å²) < 4.78 is 5.01. The van der Waals surface area contributed by atoms with Crippen LogP contribution >= 0.6 is 0 Å². The van der Waals surface area contributed by atoms with Gasteiger partial charge in [0.1, 0.15) is 5.60 Å². The van der Waals surface area contributed by atoms with Crippen molar-refractivity contribution in [1.29, 1.82) is 0 Å². The van der Waals surface area contributed by atoms with Gasteiger partial charge < -0.3 is 15.2 Å². The van der Waals surface area contributed by atoms with Crippen LogP contribution in [-0.4, -0.2) is 34.2 Å². The molecule has 0 radical (unpaired) electrons. The molecule has 0 aliphatic rings. The van der Waals surface area contributed by atoms with Crippen LogP contribution in [-0.2, 0) is 4.74 Å². The maximum Gasteiger partial charge on any atom is 0.408 e. The molecule has 1 aromatic carbocycles. The summed E-state index contributed by atoms with van der Waals surface area (Å²) in [6.07, 6.45) is -0.644. The predicted molar refractivity (Wildman–Crippen MR) is 81.2 cm³/mol. The highest BCUT2D eigenvalue weighted by molar-refractivity contribution is 5.91. The van der Waals surface area contributed by atoms with E-state index in [9.17, 15) is 19.7 Å². The number of hydrogen-bond donors (Lipinski definition) is 2. The monoisotopic (exact) mass is 320 g/mol. The van der Waals surface area contributed by atoms with Gasteiger partial charge in [-0.05, 0) is 26.8 Å². The van der Waals surface area contributed by atoms with E-state index in [-0.39, 0.29) is 23.4 Å². The van der Waals surface area contributed by atoms with Gasteiger partial charge in [0.05, 0.1) is 17.0 Å². The molecular weight excluding hydrogens is 304 g/mol. The Labute approximate surface area is 132 Å². The molecule has 1 aromatic rings. The van der Waals surface area contributed by atoms with Gasteiger partial charge in [0.25, 0.3) is 5.69 Å². The average Bonchev–Trinajstić information content (AvgIpc) is 2.41. The SMILES string of the molecule is CC(C)(C)OC(=O)NCC#Cc1ccc([N+](=O)[O-])cc1C(=O)O. The number of ether oxygens (including phenoxy) is 1. The van der Waals surface area contributed by atoms with Crippen LogP contribution in [0.25, 0.3) is 0 Å². The fourth-order valence-corrected chi connectivity index (χ4v) is 1.50. The second-order valence-electron chi connectivity index (χ2n) is 5.45. The number of benzene rings is 1. The van der Waals surface area contributed by atoms with E-state index >= 15 is 0 Å². The number of non-ortho nitro benzene ring substituents is 1. The van der Waals surface area contributed by atoms with Crippen LogP contribution in [0.5, 0.6) is 0 Å². The van der Waals surface area contributed by atoms with Gasteiger partial charge in [-0.2, -0.15) is 0 Å². The first-order chi connectivity index (χ1) is 10.6. The Morgan fingerprint density at radius 1 is 1.39 bits per heavy atom. The highest BCUT2D eigenvalue weighted by Gasteiger charge is 2.16. The number of aromatic carboxylic acids is 1. The lowest BCUT2D eigenvalue weighted by atomic mass is 10.1. The van der Waals surface area contributed by atoms with Gasteiger partial charge in [0.15, 0.2) is 0 Å². The van der Waals surface area contributed by atoms with Gasteiger partial charge in [-0.1, -0.05) is 11.8 Å². The predicted octanol–water partition coefficient (Wildman–Crippen LogP) is 2.17. The third-order valence-corrected chi connectivity index (χ3v) is 2.39. The Hall–Kier alpha value is -3.08. The summed E-state index contributed by atoms with van der Waals surface area (Å²) in [6.45, 7) is 5.10. The molecule has 0 heterocycles. The first kappa shape index (κ1) is 18.0. The van der Waals surface area contributed by atoms with Crippen LogP contribution < -0.4 is 5.32 Å². The van der Waals surface area contributed by atoms with Crippen LogP contribution in [0.2, 0.25) is 0 Å². The zero-order chi connectivity index (χ0) is 17.6. The van der Waals surface area contributed by atoms with Crippen molar-refractivity contribution in [2.24, 2.45) is 0 Å². The number of nitrogens with zero attached hydrogens (tertiary/aromatic N) is 1. The summed E-state index contributed by atoms with van der Waals surface area (Å²) in [5.74, 6) is 3.80. The molecule has 1 amide bonds. The van der Waals surface area contributed by atoms with Gasteiger partial charge in [0.2, 0.25) is 0 Å². The van der Waals surface area contributed by atoms with Crippen LogP contribution in [0, 0.1) is 22.0 Å².